The molecule has 0 N–H and O–H groups in total. The molecular weight excluding hydrogens is 196 g/mol. The maximum absolute atomic E-state index is 4.18. The number of rotatable bonds is 2. The van der Waals surface area contributed by atoms with Crippen molar-refractivity contribution in [2.75, 3.05) is 5.08 Å². The minimum absolute atomic E-state index is 0.254. The van der Waals surface area contributed by atoms with Gasteiger partial charge in [-0.3, -0.25) is 0 Å². The standard InChI is InChI=1S/C11H16S2/c1-11(2,3)9-4-6-10(7-5-9)13-8-12/h4-7,12H,8H2,1-3H3. The van der Waals surface area contributed by atoms with Crippen LogP contribution in [0.2, 0.25) is 0 Å². The summed E-state index contributed by atoms with van der Waals surface area (Å²) < 4.78 is 0. The average molecular weight is 212 g/mol. The second-order valence-corrected chi connectivity index (χ2v) is 5.84. The highest BCUT2D eigenvalue weighted by Crippen LogP contribution is 2.25. The van der Waals surface area contributed by atoms with Gasteiger partial charge in [0.25, 0.3) is 0 Å². The quantitative estimate of drug-likeness (QED) is 0.440. The molecule has 0 aliphatic heterocycles. The van der Waals surface area contributed by atoms with Crippen LogP contribution in [0.1, 0.15) is 26.3 Å². The first-order valence-corrected chi connectivity index (χ1v) is 6.00. The molecule has 0 aromatic heterocycles. The van der Waals surface area contributed by atoms with Gasteiger partial charge in [0, 0.05) is 9.98 Å². The second kappa shape index (κ2) is 4.43. The zero-order valence-corrected chi connectivity index (χ0v) is 10.1. The van der Waals surface area contributed by atoms with Crippen molar-refractivity contribution >= 4 is 24.4 Å². The van der Waals surface area contributed by atoms with Crippen LogP contribution < -0.4 is 0 Å². The fourth-order valence-electron chi connectivity index (χ4n) is 1.13. The van der Waals surface area contributed by atoms with Crippen molar-refractivity contribution in [2.24, 2.45) is 0 Å². The van der Waals surface area contributed by atoms with E-state index >= 15 is 0 Å². The summed E-state index contributed by atoms with van der Waals surface area (Å²) in [4.78, 5) is 1.29. The topological polar surface area (TPSA) is 0 Å². The number of thiol groups is 1. The molecule has 0 amide bonds. The highest BCUT2D eigenvalue weighted by atomic mass is 32.2. The lowest BCUT2D eigenvalue weighted by Gasteiger charge is -2.18. The zero-order valence-electron chi connectivity index (χ0n) is 8.37. The zero-order chi connectivity index (χ0) is 9.90. The van der Waals surface area contributed by atoms with Gasteiger partial charge >= 0.3 is 0 Å². The first kappa shape index (κ1) is 11.0. The molecule has 0 unspecified atom stereocenters. The summed E-state index contributed by atoms with van der Waals surface area (Å²) in [6, 6.07) is 8.74. The minimum atomic E-state index is 0.254. The molecule has 72 valence electrons. The van der Waals surface area contributed by atoms with Crippen LogP contribution in [0.3, 0.4) is 0 Å². The molecule has 0 atom stereocenters. The lowest BCUT2D eigenvalue weighted by atomic mass is 9.87. The second-order valence-electron chi connectivity index (χ2n) is 4.05. The molecule has 0 nitrogen and oxygen atoms in total. The highest BCUT2D eigenvalue weighted by molar-refractivity contribution is 8.09. The maximum Gasteiger partial charge on any atom is 0.0409 e. The third-order valence-electron chi connectivity index (χ3n) is 1.95. The van der Waals surface area contributed by atoms with Gasteiger partial charge in [-0.05, 0) is 23.1 Å². The number of hydrogen-bond donors (Lipinski definition) is 1. The molecule has 0 saturated heterocycles. The van der Waals surface area contributed by atoms with Gasteiger partial charge < -0.3 is 0 Å². The summed E-state index contributed by atoms with van der Waals surface area (Å²) in [5.74, 6) is 0. The van der Waals surface area contributed by atoms with Gasteiger partial charge in [0.1, 0.15) is 0 Å². The normalized spacial score (nSPS) is 11.7. The van der Waals surface area contributed by atoms with Crippen LogP contribution in [0.5, 0.6) is 0 Å². The molecule has 0 spiro atoms. The third kappa shape index (κ3) is 3.28. The Labute approximate surface area is 90.5 Å². The molecule has 13 heavy (non-hydrogen) atoms. The predicted octanol–water partition coefficient (Wildman–Crippen LogP) is 3.96. The molecule has 0 fully saturated rings. The van der Waals surface area contributed by atoms with Crippen molar-refractivity contribution in [1.82, 2.24) is 0 Å². The van der Waals surface area contributed by atoms with Gasteiger partial charge in [0.2, 0.25) is 0 Å². The van der Waals surface area contributed by atoms with Gasteiger partial charge in [-0.1, -0.05) is 32.9 Å². The van der Waals surface area contributed by atoms with Crippen LogP contribution in [0.4, 0.5) is 0 Å². The molecular formula is C11H16S2. The molecule has 0 aliphatic carbocycles. The van der Waals surface area contributed by atoms with Crippen molar-refractivity contribution in [1.29, 1.82) is 0 Å². The molecule has 1 rings (SSSR count). The summed E-state index contributed by atoms with van der Waals surface area (Å²) in [7, 11) is 0. The molecule has 0 saturated carbocycles. The lowest BCUT2D eigenvalue weighted by Crippen LogP contribution is -2.10. The van der Waals surface area contributed by atoms with E-state index in [1.807, 2.05) is 0 Å². The van der Waals surface area contributed by atoms with Crippen LogP contribution in [-0.2, 0) is 5.41 Å². The molecule has 0 bridgehead atoms. The summed E-state index contributed by atoms with van der Waals surface area (Å²) in [6.45, 7) is 6.69. The van der Waals surface area contributed by atoms with E-state index in [0.29, 0.717) is 0 Å². The fraction of sp³-hybridized carbons (Fsp3) is 0.455. The van der Waals surface area contributed by atoms with E-state index in [0.717, 1.165) is 5.08 Å². The lowest BCUT2D eigenvalue weighted by molar-refractivity contribution is 0.590. The Morgan fingerprint density at radius 2 is 1.69 bits per heavy atom. The Bertz CT molecular complexity index is 256. The van der Waals surface area contributed by atoms with Gasteiger partial charge in [-0.25, -0.2) is 0 Å². The van der Waals surface area contributed by atoms with Crippen molar-refractivity contribution in [3.63, 3.8) is 0 Å². The van der Waals surface area contributed by atoms with Crippen LogP contribution in [0, 0.1) is 0 Å². The fourth-order valence-corrected chi connectivity index (χ4v) is 2.05. The molecule has 1 aromatic rings. The Balaban J connectivity index is 2.81. The molecule has 1 aromatic carbocycles. The van der Waals surface area contributed by atoms with Gasteiger partial charge in [0.15, 0.2) is 0 Å². The Hall–Kier alpha value is -0.0800. The van der Waals surface area contributed by atoms with E-state index in [-0.39, 0.29) is 5.41 Å². The maximum atomic E-state index is 4.18. The van der Waals surface area contributed by atoms with Crippen molar-refractivity contribution in [3.8, 4) is 0 Å². The molecule has 0 heterocycles. The first-order valence-electron chi connectivity index (χ1n) is 4.38. The van der Waals surface area contributed by atoms with Crippen LogP contribution in [-0.4, -0.2) is 5.08 Å². The minimum Gasteiger partial charge on any atom is -0.168 e. The van der Waals surface area contributed by atoms with E-state index in [1.54, 1.807) is 11.8 Å². The van der Waals surface area contributed by atoms with E-state index in [9.17, 15) is 0 Å². The van der Waals surface area contributed by atoms with Crippen LogP contribution >= 0.6 is 24.4 Å². The summed E-state index contributed by atoms with van der Waals surface area (Å²) in [5.41, 5.74) is 1.64. The largest absolute Gasteiger partial charge is 0.168 e. The number of benzene rings is 1. The molecule has 0 radical (unpaired) electrons. The van der Waals surface area contributed by atoms with Gasteiger partial charge in [0.05, 0.1) is 0 Å². The highest BCUT2D eigenvalue weighted by Gasteiger charge is 2.12. The van der Waals surface area contributed by atoms with Gasteiger partial charge in [-0.15, -0.1) is 11.8 Å². The van der Waals surface area contributed by atoms with E-state index in [4.69, 9.17) is 0 Å². The molecule has 2 heteroatoms. The summed E-state index contributed by atoms with van der Waals surface area (Å²) >= 11 is 5.94. The Morgan fingerprint density at radius 1 is 1.15 bits per heavy atom. The van der Waals surface area contributed by atoms with E-state index in [2.05, 4.69) is 57.7 Å². The van der Waals surface area contributed by atoms with E-state index < -0.39 is 0 Å². The molecule has 0 aliphatic rings. The van der Waals surface area contributed by atoms with Crippen molar-refractivity contribution < 1.29 is 0 Å². The number of hydrogen-bond acceptors (Lipinski definition) is 2. The smallest absolute Gasteiger partial charge is 0.0409 e. The Morgan fingerprint density at radius 3 is 2.08 bits per heavy atom. The Kier molecular flexibility index (Phi) is 3.74. The average Bonchev–Trinajstić information content (AvgIpc) is 2.04. The van der Waals surface area contributed by atoms with Gasteiger partial charge in [-0.2, -0.15) is 12.6 Å². The van der Waals surface area contributed by atoms with Crippen LogP contribution in [0.25, 0.3) is 0 Å². The first-order chi connectivity index (χ1) is 6.04. The summed E-state index contributed by atoms with van der Waals surface area (Å²) in [6.07, 6.45) is 0. The van der Waals surface area contributed by atoms with Crippen molar-refractivity contribution in [2.45, 2.75) is 31.1 Å². The predicted molar refractivity (Wildman–Crippen MR) is 64.9 cm³/mol. The third-order valence-corrected chi connectivity index (χ3v) is 3.07. The van der Waals surface area contributed by atoms with Crippen molar-refractivity contribution in [3.05, 3.63) is 29.8 Å². The monoisotopic (exact) mass is 212 g/mol. The summed E-state index contributed by atoms with van der Waals surface area (Å²) in [5, 5.41) is 0.842. The van der Waals surface area contributed by atoms with E-state index in [1.165, 1.54) is 10.5 Å². The van der Waals surface area contributed by atoms with Crippen LogP contribution in [0.15, 0.2) is 29.2 Å². The number of thioether (sulfide) groups is 1. The SMILES string of the molecule is CC(C)(C)c1ccc(SCS)cc1.